The minimum absolute atomic E-state index is 0.173. The molecule has 2 N–H and O–H groups in total. The summed E-state index contributed by atoms with van der Waals surface area (Å²) < 4.78 is 24.0. The number of nitrogens with one attached hydrogen (secondary N) is 1. The van der Waals surface area contributed by atoms with Crippen molar-refractivity contribution >= 4 is 11.9 Å². The highest BCUT2D eigenvalue weighted by Crippen LogP contribution is 2.22. The number of hydrogen-bond acceptors (Lipinski definition) is 5. The second kappa shape index (κ2) is 9.16. The second-order valence-corrected chi connectivity index (χ2v) is 6.52. The van der Waals surface area contributed by atoms with Crippen LogP contribution in [0.3, 0.4) is 0 Å². The van der Waals surface area contributed by atoms with Crippen molar-refractivity contribution in [2.24, 2.45) is 0 Å². The average Bonchev–Trinajstić information content (AvgIpc) is 3.20. The fourth-order valence-corrected chi connectivity index (χ4v) is 2.91. The number of ether oxygens (including phenoxy) is 2. The van der Waals surface area contributed by atoms with Gasteiger partial charge in [0, 0.05) is 12.3 Å². The van der Waals surface area contributed by atoms with E-state index in [4.69, 9.17) is 9.47 Å². The van der Waals surface area contributed by atoms with E-state index in [2.05, 4.69) is 10.3 Å². The van der Waals surface area contributed by atoms with Crippen LogP contribution in [0.5, 0.6) is 11.6 Å². The lowest BCUT2D eigenvalue weighted by molar-refractivity contribution is -0.144. The Hall–Kier alpha value is -3.16. The number of benzene rings is 1. The number of carbonyl (C=O) groups excluding carboxylic acids is 1. The molecule has 1 aliphatic rings. The van der Waals surface area contributed by atoms with Gasteiger partial charge in [-0.25, -0.2) is 14.2 Å². The molecule has 7 nitrogen and oxygen atoms in total. The third kappa shape index (κ3) is 5.42. The van der Waals surface area contributed by atoms with Gasteiger partial charge in [0.05, 0.1) is 12.1 Å². The van der Waals surface area contributed by atoms with Crippen LogP contribution in [-0.2, 0) is 4.79 Å². The van der Waals surface area contributed by atoms with Crippen molar-refractivity contribution in [2.75, 3.05) is 6.54 Å². The zero-order valence-corrected chi connectivity index (χ0v) is 15.1. The highest BCUT2D eigenvalue weighted by atomic mass is 19.1. The van der Waals surface area contributed by atoms with Gasteiger partial charge in [-0.2, -0.15) is 0 Å². The Labute approximate surface area is 161 Å². The van der Waals surface area contributed by atoms with Gasteiger partial charge in [-0.1, -0.05) is 0 Å². The van der Waals surface area contributed by atoms with Gasteiger partial charge < -0.3 is 19.9 Å². The maximum atomic E-state index is 12.9. The molecule has 1 aliphatic carbocycles. The van der Waals surface area contributed by atoms with Crippen molar-refractivity contribution in [1.29, 1.82) is 0 Å². The van der Waals surface area contributed by atoms with E-state index in [-0.39, 0.29) is 24.0 Å². The predicted octanol–water partition coefficient (Wildman–Crippen LogP) is 2.80. The zero-order chi connectivity index (χ0) is 19.9. The van der Waals surface area contributed by atoms with Gasteiger partial charge in [0.25, 0.3) is 5.91 Å². The van der Waals surface area contributed by atoms with Crippen LogP contribution in [0.4, 0.5) is 4.39 Å². The summed E-state index contributed by atoms with van der Waals surface area (Å²) >= 11 is 0. The first-order valence-electron chi connectivity index (χ1n) is 9.07. The van der Waals surface area contributed by atoms with Crippen LogP contribution in [0.15, 0.2) is 42.6 Å². The zero-order valence-electron chi connectivity index (χ0n) is 15.1. The topological polar surface area (TPSA) is 97.8 Å². The Kier molecular flexibility index (Phi) is 6.41. The molecule has 0 aliphatic heterocycles. The Morgan fingerprint density at radius 1 is 1.18 bits per heavy atom. The number of carboxylic acid groups (broad SMARTS) is 1. The smallest absolute Gasteiger partial charge is 0.346 e. The lowest BCUT2D eigenvalue weighted by Gasteiger charge is -2.16. The van der Waals surface area contributed by atoms with Crippen molar-refractivity contribution in [2.45, 2.75) is 37.9 Å². The van der Waals surface area contributed by atoms with Crippen LogP contribution in [-0.4, -0.2) is 40.7 Å². The molecular weight excluding hydrogens is 367 g/mol. The molecule has 1 aromatic carbocycles. The molecule has 8 heteroatoms. The number of carboxylic acids is 1. The van der Waals surface area contributed by atoms with Gasteiger partial charge in [0.2, 0.25) is 12.0 Å². The van der Waals surface area contributed by atoms with Gasteiger partial charge in [0.15, 0.2) is 0 Å². The molecule has 3 rings (SSSR count). The lowest BCUT2D eigenvalue weighted by Crippen LogP contribution is -2.40. The normalized spacial score (nSPS) is 15.0. The van der Waals surface area contributed by atoms with E-state index in [1.165, 1.54) is 18.3 Å². The first-order valence-corrected chi connectivity index (χ1v) is 9.07. The average molecular weight is 388 g/mol. The molecule has 2 aromatic rings. The molecule has 148 valence electrons. The van der Waals surface area contributed by atoms with Gasteiger partial charge in [-0.05, 0) is 56.0 Å². The predicted molar refractivity (Wildman–Crippen MR) is 97.9 cm³/mol. The molecule has 1 unspecified atom stereocenters. The summed E-state index contributed by atoms with van der Waals surface area (Å²) in [6.45, 7) is -0.258. The van der Waals surface area contributed by atoms with E-state index in [0.717, 1.165) is 37.8 Å². The number of hydrogen-bond donors (Lipinski definition) is 2. The Morgan fingerprint density at radius 2 is 1.89 bits per heavy atom. The van der Waals surface area contributed by atoms with Crippen LogP contribution in [0.1, 0.15) is 36.0 Å². The van der Waals surface area contributed by atoms with E-state index < -0.39 is 23.8 Å². The molecular formula is C20H21FN2O5. The summed E-state index contributed by atoms with van der Waals surface area (Å²) in [5, 5.41) is 11.8. The minimum Gasteiger partial charge on any atom is -0.478 e. The van der Waals surface area contributed by atoms with Gasteiger partial charge in [-0.3, -0.25) is 4.79 Å². The van der Waals surface area contributed by atoms with Crippen molar-refractivity contribution in [3.63, 3.8) is 0 Å². The van der Waals surface area contributed by atoms with E-state index in [0.29, 0.717) is 5.88 Å². The van der Waals surface area contributed by atoms with Crippen LogP contribution in [0.2, 0.25) is 0 Å². The molecule has 1 aromatic heterocycles. The molecule has 1 atom stereocenters. The second-order valence-electron chi connectivity index (χ2n) is 6.52. The number of aromatic nitrogens is 1. The highest BCUT2D eigenvalue weighted by Gasteiger charge is 2.21. The number of amides is 1. The molecule has 0 saturated heterocycles. The summed E-state index contributed by atoms with van der Waals surface area (Å²) in [4.78, 5) is 27.7. The molecule has 0 radical (unpaired) electrons. The molecule has 0 bridgehead atoms. The number of rotatable bonds is 8. The number of carbonyl (C=O) groups is 2. The van der Waals surface area contributed by atoms with E-state index in [9.17, 15) is 19.1 Å². The first kappa shape index (κ1) is 19.6. The summed E-state index contributed by atoms with van der Waals surface area (Å²) in [5.41, 5.74) is 0.282. The van der Waals surface area contributed by atoms with Crippen molar-refractivity contribution in [1.82, 2.24) is 10.3 Å². The third-order valence-corrected chi connectivity index (χ3v) is 4.40. The van der Waals surface area contributed by atoms with Crippen molar-refractivity contribution in [3.8, 4) is 11.6 Å². The number of aliphatic carboxylic acids is 1. The van der Waals surface area contributed by atoms with Crippen molar-refractivity contribution in [3.05, 3.63) is 54.0 Å². The summed E-state index contributed by atoms with van der Waals surface area (Å²) in [6.07, 6.45) is 4.56. The number of pyridine rings is 1. The molecule has 1 fully saturated rings. The van der Waals surface area contributed by atoms with Crippen LogP contribution in [0.25, 0.3) is 0 Å². The van der Waals surface area contributed by atoms with Gasteiger partial charge in [-0.15, -0.1) is 0 Å². The minimum atomic E-state index is -1.31. The van der Waals surface area contributed by atoms with E-state index in [1.54, 1.807) is 12.1 Å². The standard InChI is InChI=1S/C20H21FN2O5/c21-14-6-8-16(9-7-14)27-17(20(25)26)12-23-19(24)13-5-10-18(22-11-13)28-15-3-1-2-4-15/h5-11,15,17H,1-4,12H2,(H,23,24)(H,25,26). The fraction of sp³-hybridized carbons (Fsp3) is 0.350. The third-order valence-electron chi connectivity index (χ3n) is 4.40. The van der Waals surface area contributed by atoms with Crippen molar-refractivity contribution < 1.29 is 28.6 Å². The Bertz CT molecular complexity index is 804. The molecule has 0 spiro atoms. The monoisotopic (exact) mass is 388 g/mol. The molecule has 1 saturated carbocycles. The largest absolute Gasteiger partial charge is 0.478 e. The van der Waals surface area contributed by atoms with E-state index in [1.807, 2.05) is 0 Å². The number of halogens is 1. The summed E-state index contributed by atoms with van der Waals surface area (Å²) in [6, 6.07) is 8.15. The van der Waals surface area contributed by atoms with E-state index >= 15 is 0 Å². The maximum Gasteiger partial charge on any atom is 0.346 e. The fourth-order valence-electron chi connectivity index (χ4n) is 2.91. The first-order chi connectivity index (χ1) is 13.5. The molecule has 1 heterocycles. The number of nitrogens with zero attached hydrogens (tertiary/aromatic N) is 1. The quantitative estimate of drug-likeness (QED) is 0.722. The lowest BCUT2D eigenvalue weighted by atomic mass is 10.2. The van der Waals surface area contributed by atoms with Crippen LogP contribution in [0, 0.1) is 5.82 Å². The summed E-state index contributed by atoms with van der Waals surface area (Å²) in [7, 11) is 0. The van der Waals surface area contributed by atoms with Crippen LogP contribution < -0.4 is 14.8 Å². The molecule has 1 amide bonds. The SMILES string of the molecule is O=C(NCC(Oc1ccc(F)cc1)C(=O)O)c1ccc(OC2CCCC2)nc1. The Balaban J connectivity index is 1.53. The highest BCUT2D eigenvalue weighted by molar-refractivity contribution is 5.94. The Morgan fingerprint density at radius 3 is 2.50 bits per heavy atom. The summed E-state index contributed by atoms with van der Waals surface area (Å²) in [5.74, 6) is -1.53. The van der Waals surface area contributed by atoms with Crippen LogP contribution >= 0.6 is 0 Å². The van der Waals surface area contributed by atoms with Gasteiger partial charge >= 0.3 is 5.97 Å². The maximum absolute atomic E-state index is 12.9. The molecule has 28 heavy (non-hydrogen) atoms. The van der Waals surface area contributed by atoms with Gasteiger partial charge in [0.1, 0.15) is 17.7 Å².